The van der Waals surface area contributed by atoms with E-state index in [9.17, 15) is 5.26 Å². The molecule has 3 aromatic heterocycles. The number of aryl methyl sites for hydroxylation is 1. The lowest BCUT2D eigenvalue weighted by Crippen LogP contribution is -2.04. The average molecular weight is 780 g/mol. The Morgan fingerprint density at radius 2 is 1.00 bits per heavy atom. The molecule has 11 rings (SSSR count). The minimum absolute atomic E-state index is 0.553. The van der Waals surface area contributed by atoms with E-state index in [1.807, 2.05) is 97.1 Å². The molecule has 3 heterocycles. The lowest BCUT2D eigenvalue weighted by Gasteiger charge is -2.20. The highest BCUT2D eigenvalue weighted by Crippen LogP contribution is 2.43. The first-order valence-electron chi connectivity index (χ1n) is 20.0. The Morgan fingerprint density at radius 3 is 1.62 bits per heavy atom. The molecule has 0 saturated heterocycles. The highest BCUT2D eigenvalue weighted by molar-refractivity contribution is 6.12. The van der Waals surface area contributed by atoms with Gasteiger partial charge in [-0.05, 0) is 73.0 Å². The third-order valence-corrected chi connectivity index (χ3v) is 11.5. The first-order valence-corrected chi connectivity index (χ1v) is 20.0. The monoisotopic (exact) mass is 779 g/mol. The van der Waals surface area contributed by atoms with E-state index < -0.39 is 0 Å². The maximum absolute atomic E-state index is 9.88. The smallest absolute Gasteiger partial charge is 0.188 e. The Labute approximate surface area is 351 Å². The van der Waals surface area contributed by atoms with Crippen LogP contribution in [0.5, 0.6) is 0 Å². The van der Waals surface area contributed by atoms with Crippen molar-refractivity contribution in [3.63, 3.8) is 0 Å². The van der Waals surface area contributed by atoms with Crippen LogP contribution in [-0.4, -0.2) is 24.1 Å². The van der Waals surface area contributed by atoms with Crippen molar-refractivity contribution in [2.45, 2.75) is 6.92 Å². The second-order valence-electron chi connectivity index (χ2n) is 15.2. The van der Waals surface area contributed by atoms with Gasteiger partial charge in [0, 0.05) is 44.0 Å². The zero-order chi connectivity index (χ0) is 41.0. The molecule has 7 nitrogen and oxygen atoms in total. The molecular weight excluding hydrogens is 747 g/mol. The third kappa shape index (κ3) is 5.92. The number of benzene rings is 8. The quantitative estimate of drug-likeness (QED) is 0.158. The molecule has 0 amide bonds. The molecule has 0 unspecified atom stereocenters. The SMILES string of the molecule is [C-]#[N+]c1ccc2c(c1)c1ccccc1n2-c1cc(-c2nc(-c3ccccc3)nc(-c3ccccc3)n2)ccc1-c1cc(C)ccc1-n1c2ccccc2c2cc(C#N)ccc21. The van der Waals surface area contributed by atoms with Crippen LogP contribution in [0.1, 0.15) is 11.1 Å². The number of hydrogen-bond acceptors (Lipinski definition) is 4. The van der Waals surface area contributed by atoms with Gasteiger partial charge in [0.25, 0.3) is 0 Å². The van der Waals surface area contributed by atoms with Crippen molar-refractivity contribution in [3.05, 3.63) is 205 Å². The summed E-state index contributed by atoms with van der Waals surface area (Å²) in [5.74, 6) is 1.73. The molecule has 11 aromatic rings. The number of hydrogen-bond donors (Lipinski definition) is 0. The van der Waals surface area contributed by atoms with Crippen LogP contribution in [0.4, 0.5) is 5.69 Å². The van der Waals surface area contributed by atoms with Gasteiger partial charge < -0.3 is 9.13 Å². The minimum Gasteiger partial charge on any atom is -0.309 e. The maximum atomic E-state index is 9.88. The molecular formula is C54H33N7. The van der Waals surface area contributed by atoms with Crippen molar-refractivity contribution in [1.82, 2.24) is 24.1 Å². The zero-order valence-electron chi connectivity index (χ0n) is 33.0. The van der Waals surface area contributed by atoms with Crippen molar-refractivity contribution in [2.24, 2.45) is 0 Å². The van der Waals surface area contributed by atoms with Gasteiger partial charge in [0.2, 0.25) is 0 Å². The van der Waals surface area contributed by atoms with Crippen molar-refractivity contribution in [2.75, 3.05) is 0 Å². The fourth-order valence-corrected chi connectivity index (χ4v) is 8.67. The highest BCUT2D eigenvalue weighted by atomic mass is 15.0. The van der Waals surface area contributed by atoms with Crippen LogP contribution < -0.4 is 0 Å². The molecule has 0 saturated carbocycles. The number of rotatable bonds is 6. The fourth-order valence-electron chi connectivity index (χ4n) is 8.67. The predicted octanol–water partition coefficient (Wildman–Crippen LogP) is 13.5. The Kier molecular flexibility index (Phi) is 8.33. The molecule has 0 aliphatic rings. The summed E-state index contributed by atoms with van der Waals surface area (Å²) in [6, 6.07) is 64.1. The number of fused-ring (bicyclic) bond motifs is 6. The van der Waals surface area contributed by atoms with Crippen LogP contribution in [-0.2, 0) is 0 Å². The van der Waals surface area contributed by atoms with E-state index >= 15 is 0 Å². The molecule has 0 aliphatic heterocycles. The zero-order valence-corrected chi connectivity index (χ0v) is 33.0. The van der Waals surface area contributed by atoms with Gasteiger partial charge in [-0.25, -0.2) is 19.8 Å². The topological polar surface area (TPSA) is 76.7 Å². The van der Waals surface area contributed by atoms with Gasteiger partial charge in [0.1, 0.15) is 0 Å². The van der Waals surface area contributed by atoms with Gasteiger partial charge in [-0.2, -0.15) is 5.26 Å². The van der Waals surface area contributed by atoms with Gasteiger partial charge in [-0.1, -0.05) is 127 Å². The fraction of sp³-hybridized carbons (Fsp3) is 0.0185. The van der Waals surface area contributed by atoms with Crippen LogP contribution >= 0.6 is 0 Å². The summed E-state index contributed by atoms with van der Waals surface area (Å²) in [5, 5.41) is 14.0. The molecule has 0 aliphatic carbocycles. The second kappa shape index (κ2) is 14.3. The van der Waals surface area contributed by atoms with E-state index in [1.165, 1.54) is 0 Å². The van der Waals surface area contributed by atoms with E-state index in [-0.39, 0.29) is 0 Å². The van der Waals surface area contributed by atoms with E-state index in [0.717, 1.165) is 88.4 Å². The predicted molar refractivity (Wildman–Crippen MR) is 246 cm³/mol. The highest BCUT2D eigenvalue weighted by Gasteiger charge is 2.23. The van der Waals surface area contributed by atoms with Gasteiger partial charge in [-0.15, -0.1) is 0 Å². The second-order valence-corrected chi connectivity index (χ2v) is 15.2. The largest absolute Gasteiger partial charge is 0.309 e. The summed E-state index contributed by atoms with van der Waals surface area (Å²) in [6.07, 6.45) is 0. The summed E-state index contributed by atoms with van der Waals surface area (Å²) >= 11 is 0. The van der Waals surface area contributed by atoms with Crippen LogP contribution in [0.25, 0.3) is 105 Å². The van der Waals surface area contributed by atoms with Crippen LogP contribution in [0.3, 0.4) is 0 Å². The van der Waals surface area contributed by atoms with Crippen molar-refractivity contribution >= 4 is 49.3 Å². The number of aromatic nitrogens is 5. The molecule has 0 fully saturated rings. The Morgan fingerprint density at radius 1 is 0.459 bits per heavy atom. The number of nitrogens with zero attached hydrogens (tertiary/aromatic N) is 7. The number of nitriles is 1. The Balaban J connectivity index is 1.23. The van der Waals surface area contributed by atoms with Crippen LogP contribution in [0, 0.1) is 24.8 Å². The molecule has 0 bridgehead atoms. The molecule has 0 atom stereocenters. The molecule has 0 N–H and O–H groups in total. The Bertz CT molecular complexity index is 3570. The summed E-state index contributed by atoms with van der Waals surface area (Å²) < 4.78 is 4.63. The number of para-hydroxylation sites is 2. The minimum atomic E-state index is 0.553. The third-order valence-electron chi connectivity index (χ3n) is 11.5. The van der Waals surface area contributed by atoms with Crippen molar-refractivity contribution in [1.29, 1.82) is 5.26 Å². The first-order chi connectivity index (χ1) is 30.1. The summed E-state index contributed by atoms with van der Waals surface area (Å²) in [5.41, 5.74) is 13.0. The van der Waals surface area contributed by atoms with E-state index in [4.69, 9.17) is 21.5 Å². The van der Waals surface area contributed by atoms with Crippen molar-refractivity contribution < 1.29 is 0 Å². The van der Waals surface area contributed by atoms with Gasteiger partial charge in [-0.3, -0.25) is 0 Å². The van der Waals surface area contributed by atoms with Crippen LogP contribution in [0.2, 0.25) is 0 Å². The normalized spacial score (nSPS) is 11.3. The van der Waals surface area contributed by atoms with Gasteiger partial charge >= 0.3 is 0 Å². The van der Waals surface area contributed by atoms with E-state index in [0.29, 0.717) is 28.7 Å². The molecule has 61 heavy (non-hydrogen) atoms. The first kappa shape index (κ1) is 35.5. The van der Waals surface area contributed by atoms with Gasteiger partial charge in [0.15, 0.2) is 23.2 Å². The summed E-state index contributed by atoms with van der Waals surface area (Å²) in [6.45, 7) is 9.98. The molecule has 8 aromatic carbocycles. The molecule has 7 heteroatoms. The molecule has 0 radical (unpaired) electrons. The Hall–Kier alpha value is -8.65. The lowest BCUT2D eigenvalue weighted by atomic mass is 9.97. The lowest BCUT2D eigenvalue weighted by molar-refractivity contribution is 1.07. The summed E-state index contributed by atoms with van der Waals surface area (Å²) in [4.78, 5) is 19.0. The standard InChI is InChI=1S/C54H33N7/c1-34-21-26-48(60-46-19-11-9-17-40(46)44-30-35(33-55)22-27-49(44)60)43(29-34)42-25-23-38(31-51(42)61-47-20-12-10-18-41(47)45-32-39(56-2)24-28-50(45)61)54-58-52(36-13-5-3-6-14-36)57-53(59-54)37-15-7-4-8-16-37/h3-32H,1H3. The van der Waals surface area contributed by atoms with E-state index in [1.54, 1.807) is 0 Å². The molecule has 0 spiro atoms. The van der Waals surface area contributed by atoms with Crippen molar-refractivity contribution in [3.8, 4) is 62.7 Å². The van der Waals surface area contributed by atoms with Gasteiger partial charge in [0.05, 0.1) is 51.6 Å². The van der Waals surface area contributed by atoms with Crippen LogP contribution in [0.15, 0.2) is 182 Å². The summed E-state index contributed by atoms with van der Waals surface area (Å²) in [7, 11) is 0. The maximum Gasteiger partial charge on any atom is 0.188 e. The molecule has 284 valence electrons. The van der Waals surface area contributed by atoms with E-state index in [2.05, 4.69) is 112 Å². The average Bonchev–Trinajstić information content (AvgIpc) is 3.83.